The Labute approximate surface area is 67.2 Å². The molecule has 56 valence electrons. The number of aromatic amines is 1. The van der Waals surface area contributed by atoms with Crippen molar-refractivity contribution < 1.29 is 4.74 Å². The van der Waals surface area contributed by atoms with Crippen LogP contribution in [0, 0.1) is 12.5 Å². The van der Waals surface area contributed by atoms with Crippen molar-refractivity contribution in [3.05, 3.63) is 21.7 Å². The maximum absolute atomic E-state index is 10.5. The molecule has 0 unspecified atom stereocenters. The molecule has 5 heteroatoms. The number of H-pyrrole nitrogens is 1. The van der Waals surface area contributed by atoms with Gasteiger partial charge in [-0.2, -0.15) is 4.98 Å². The fourth-order valence-corrected chi connectivity index (χ4v) is 0.631. The van der Waals surface area contributed by atoms with E-state index in [-0.39, 0.29) is 10.9 Å². The minimum Gasteiger partial charge on any atom is -0.388 e. The second-order valence-corrected chi connectivity index (χ2v) is 1.99. The number of nitrogens with one attached hydrogen (secondary N) is 1. The van der Waals surface area contributed by atoms with E-state index in [0.29, 0.717) is 0 Å². The Balaban J connectivity index is 3.15. The van der Waals surface area contributed by atoms with Crippen molar-refractivity contribution in [2.45, 2.75) is 0 Å². The number of ether oxygens (including phenoxy) is 1. The van der Waals surface area contributed by atoms with Gasteiger partial charge < -0.3 is 4.74 Å². The van der Waals surface area contributed by atoms with Gasteiger partial charge in [-0.15, -0.1) is 0 Å². The number of terminal acetylenes is 1. The van der Waals surface area contributed by atoms with Crippen LogP contribution in [0.25, 0.3) is 0 Å². The number of aromatic nitrogens is 2. The smallest absolute Gasteiger partial charge is 0.347 e. The van der Waals surface area contributed by atoms with Crippen LogP contribution >= 0.6 is 11.6 Å². The molecular weight excluding hydrogens is 168 g/mol. The molecule has 0 aromatic carbocycles. The van der Waals surface area contributed by atoms with Gasteiger partial charge in [0, 0.05) is 0 Å². The summed E-state index contributed by atoms with van der Waals surface area (Å²) in [6.45, 7) is 0. The fourth-order valence-electron chi connectivity index (χ4n) is 0.496. The number of hydrogen-bond donors (Lipinski definition) is 1. The first-order chi connectivity index (χ1) is 5.24. The summed E-state index contributed by atoms with van der Waals surface area (Å²) in [4.78, 5) is 16.1. The molecule has 0 atom stereocenters. The van der Waals surface area contributed by atoms with Gasteiger partial charge in [0.1, 0.15) is 11.1 Å². The summed E-state index contributed by atoms with van der Waals surface area (Å²) in [6.07, 6.45) is 7.84. The van der Waals surface area contributed by atoms with E-state index in [1.807, 2.05) is 6.11 Å². The molecule has 0 amide bonds. The summed E-state index contributed by atoms with van der Waals surface area (Å²) in [5, 5.41) is 0.169. The van der Waals surface area contributed by atoms with Crippen LogP contribution in [-0.2, 0) is 0 Å². The van der Waals surface area contributed by atoms with E-state index in [1.165, 1.54) is 0 Å². The SMILES string of the molecule is C#COc1[nH]c(=O)ncc1Cl. The fraction of sp³-hybridized carbons (Fsp3) is 0. The third-order valence-corrected chi connectivity index (χ3v) is 1.16. The Hall–Kier alpha value is -1.47. The van der Waals surface area contributed by atoms with Crippen LogP contribution in [0.15, 0.2) is 11.0 Å². The molecule has 1 heterocycles. The van der Waals surface area contributed by atoms with Gasteiger partial charge in [-0.25, -0.2) is 4.79 Å². The van der Waals surface area contributed by atoms with Gasteiger partial charge in [0.05, 0.1) is 6.20 Å². The van der Waals surface area contributed by atoms with Crippen molar-refractivity contribution in [3.8, 4) is 18.4 Å². The molecule has 1 aromatic heterocycles. The molecular formula is C6H3ClN2O2. The quantitative estimate of drug-likeness (QED) is 0.621. The molecule has 0 saturated carbocycles. The monoisotopic (exact) mass is 170 g/mol. The Morgan fingerprint density at radius 3 is 3.18 bits per heavy atom. The average Bonchev–Trinajstić information content (AvgIpc) is 1.98. The molecule has 4 nitrogen and oxygen atoms in total. The summed E-state index contributed by atoms with van der Waals surface area (Å²) in [5.41, 5.74) is -0.556. The number of nitrogens with zero attached hydrogens (tertiary/aromatic N) is 1. The lowest BCUT2D eigenvalue weighted by Crippen LogP contribution is -2.09. The molecule has 0 aliphatic rings. The third kappa shape index (κ3) is 1.72. The molecule has 11 heavy (non-hydrogen) atoms. The molecule has 0 aliphatic carbocycles. The van der Waals surface area contributed by atoms with Crippen molar-refractivity contribution in [2.24, 2.45) is 0 Å². The average molecular weight is 171 g/mol. The largest absolute Gasteiger partial charge is 0.388 e. The van der Waals surface area contributed by atoms with E-state index in [1.54, 1.807) is 0 Å². The molecule has 1 rings (SSSR count). The minimum atomic E-state index is -0.556. The van der Waals surface area contributed by atoms with Crippen LogP contribution in [0.2, 0.25) is 5.02 Å². The second-order valence-electron chi connectivity index (χ2n) is 1.59. The predicted octanol–water partition coefficient (Wildman–Crippen LogP) is 0.393. The van der Waals surface area contributed by atoms with Gasteiger partial charge in [0.25, 0.3) is 0 Å². The highest BCUT2D eigenvalue weighted by Gasteiger charge is 2.00. The van der Waals surface area contributed by atoms with Crippen molar-refractivity contribution in [1.82, 2.24) is 9.97 Å². The van der Waals surface area contributed by atoms with Crippen LogP contribution in [-0.4, -0.2) is 9.97 Å². The lowest BCUT2D eigenvalue weighted by atomic mass is 10.6. The number of rotatable bonds is 1. The van der Waals surface area contributed by atoms with Crippen LogP contribution in [0.1, 0.15) is 0 Å². The van der Waals surface area contributed by atoms with Gasteiger partial charge in [0.15, 0.2) is 0 Å². The number of halogens is 1. The highest BCUT2D eigenvalue weighted by molar-refractivity contribution is 6.31. The minimum absolute atomic E-state index is 0.0363. The Morgan fingerprint density at radius 1 is 1.82 bits per heavy atom. The molecule has 1 N–H and O–H groups in total. The van der Waals surface area contributed by atoms with Crippen LogP contribution in [0.5, 0.6) is 5.88 Å². The lowest BCUT2D eigenvalue weighted by molar-refractivity contribution is 0.494. The highest BCUT2D eigenvalue weighted by Crippen LogP contribution is 2.16. The first kappa shape index (κ1) is 7.63. The van der Waals surface area contributed by atoms with Crippen molar-refractivity contribution in [1.29, 1.82) is 0 Å². The maximum atomic E-state index is 10.5. The topological polar surface area (TPSA) is 55.0 Å². The summed E-state index contributed by atoms with van der Waals surface area (Å²) >= 11 is 5.52. The maximum Gasteiger partial charge on any atom is 0.347 e. The Morgan fingerprint density at radius 2 is 2.55 bits per heavy atom. The highest BCUT2D eigenvalue weighted by atomic mass is 35.5. The second kappa shape index (κ2) is 3.08. The molecule has 0 saturated heterocycles. The number of hydrogen-bond acceptors (Lipinski definition) is 3. The van der Waals surface area contributed by atoms with Gasteiger partial charge in [-0.05, 0) is 0 Å². The van der Waals surface area contributed by atoms with Gasteiger partial charge in [0.2, 0.25) is 5.88 Å². The van der Waals surface area contributed by atoms with E-state index in [2.05, 4.69) is 14.7 Å². The van der Waals surface area contributed by atoms with Crippen molar-refractivity contribution >= 4 is 11.6 Å². The van der Waals surface area contributed by atoms with E-state index >= 15 is 0 Å². The molecule has 0 spiro atoms. The summed E-state index contributed by atoms with van der Waals surface area (Å²) in [7, 11) is 0. The normalized spacial score (nSPS) is 8.73. The molecule has 0 radical (unpaired) electrons. The van der Waals surface area contributed by atoms with E-state index in [4.69, 9.17) is 18.0 Å². The third-order valence-electron chi connectivity index (χ3n) is 0.894. The van der Waals surface area contributed by atoms with Gasteiger partial charge in [-0.1, -0.05) is 18.0 Å². The van der Waals surface area contributed by atoms with Crippen LogP contribution in [0.3, 0.4) is 0 Å². The predicted molar refractivity (Wildman–Crippen MR) is 39.3 cm³/mol. The Kier molecular flexibility index (Phi) is 2.14. The van der Waals surface area contributed by atoms with E-state index in [9.17, 15) is 4.79 Å². The first-order valence-corrected chi connectivity index (χ1v) is 2.99. The summed E-state index contributed by atoms with van der Waals surface area (Å²) in [6, 6.07) is 0. The van der Waals surface area contributed by atoms with Gasteiger partial charge in [-0.3, -0.25) is 4.98 Å². The molecule has 0 bridgehead atoms. The first-order valence-electron chi connectivity index (χ1n) is 2.61. The zero-order valence-electron chi connectivity index (χ0n) is 5.30. The Bertz CT molecular complexity index is 352. The van der Waals surface area contributed by atoms with Crippen LogP contribution < -0.4 is 10.4 Å². The van der Waals surface area contributed by atoms with Crippen LogP contribution in [0.4, 0.5) is 0 Å². The molecule has 1 aromatic rings. The molecule has 0 fully saturated rings. The zero-order valence-corrected chi connectivity index (χ0v) is 6.05. The van der Waals surface area contributed by atoms with Crippen molar-refractivity contribution in [2.75, 3.05) is 0 Å². The van der Waals surface area contributed by atoms with Gasteiger partial charge >= 0.3 is 5.69 Å². The van der Waals surface area contributed by atoms with E-state index < -0.39 is 5.69 Å². The lowest BCUT2D eigenvalue weighted by Gasteiger charge is -1.96. The summed E-state index contributed by atoms with van der Waals surface area (Å²) < 4.78 is 4.52. The van der Waals surface area contributed by atoms with Crippen molar-refractivity contribution in [3.63, 3.8) is 0 Å². The standard InChI is InChI=1S/C6H3ClN2O2/c1-2-11-5-4(7)3-8-6(10)9-5/h1,3H,(H,8,9,10). The summed E-state index contributed by atoms with van der Waals surface area (Å²) in [5.74, 6) is 0.0363. The zero-order chi connectivity index (χ0) is 8.27. The van der Waals surface area contributed by atoms with E-state index in [0.717, 1.165) is 6.20 Å². The molecule has 0 aliphatic heterocycles.